The summed E-state index contributed by atoms with van der Waals surface area (Å²) < 4.78 is 0. The number of carboxylic acid groups (broad SMARTS) is 1. The van der Waals surface area contributed by atoms with Gasteiger partial charge in [0.05, 0.1) is 12.0 Å². The van der Waals surface area contributed by atoms with E-state index in [1.165, 1.54) is 0 Å². The number of nitrogens with one attached hydrogen (secondary N) is 1. The maximum Gasteiger partial charge on any atom is 0.305 e. The van der Waals surface area contributed by atoms with Crippen LogP contribution in [0.15, 0.2) is 48.8 Å². The van der Waals surface area contributed by atoms with Gasteiger partial charge in [0.2, 0.25) is 0 Å². The van der Waals surface area contributed by atoms with E-state index >= 15 is 0 Å². The fourth-order valence-corrected chi connectivity index (χ4v) is 4.37. The number of rotatable bonds is 5. The molecule has 1 saturated heterocycles. The summed E-state index contributed by atoms with van der Waals surface area (Å²) in [5.41, 5.74) is 1.80. The molecule has 1 aromatic carbocycles. The molecule has 1 aliphatic heterocycles. The van der Waals surface area contributed by atoms with Crippen molar-refractivity contribution in [3.05, 3.63) is 54.4 Å². The predicted molar refractivity (Wildman–Crippen MR) is 98.7 cm³/mol. The van der Waals surface area contributed by atoms with Gasteiger partial charge >= 0.3 is 5.97 Å². The molecule has 0 saturated carbocycles. The highest BCUT2D eigenvalue weighted by atomic mass is 32.2. The van der Waals surface area contributed by atoms with Gasteiger partial charge in [0, 0.05) is 18.0 Å². The van der Waals surface area contributed by atoms with Gasteiger partial charge in [0.1, 0.15) is 0 Å². The van der Waals surface area contributed by atoms with Crippen molar-refractivity contribution >= 4 is 23.6 Å². The van der Waals surface area contributed by atoms with Gasteiger partial charge in [0.15, 0.2) is 0 Å². The van der Waals surface area contributed by atoms with Crippen molar-refractivity contribution in [3.63, 3.8) is 0 Å². The standard InChI is InChI=1S/C19H20N2O3S/c22-17(23)13-19(6-10-25-11-7-19)21-18(24)16-3-1-2-15(12-16)14-4-8-20-9-5-14/h1-5,8-9,12H,6-7,10-11,13H2,(H,21,24)(H,22,23). The van der Waals surface area contributed by atoms with Crippen LogP contribution < -0.4 is 5.32 Å². The van der Waals surface area contributed by atoms with E-state index < -0.39 is 11.5 Å². The van der Waals surface area contributed by atoms with Gasteiger partial charge in [-0.2, -0.15) is 11.8 Å². The molecule has 2 heterocycles. The summed E-state index contributed by atoms with van der Waals surface area (Å²) in [4.78, 5) is 28.0. The molecule has 0 atom stereocenters. The second-order valence-electron chi connectivity index (χ2n) is 6.23. The number of amides is 1. The van der Waals surface area contributed by atoms with Crippen molar-refractivity contribution in [1.82, 2.24) is 10.3 Å². The first kappa shape index (κ1) is 17.5. The van der Waals surface area contributed by atoms with E-state index in [0.29, 0.717) is 18.4 Å². The molecule has 0 unspecified atom stereocenters. The Balaban J connectivity index is 1.81. The van der Waals surface area contributed by atoms with E-state index in [9.17, 15) is 14.7 Å². The van der Waals surface area contributed by atoms with Gasteiger partial charge in [-0.3, -0.25) is 14.6 Å². The van der Waals surface area contributed by atoms with Crippen LogP contribution in [0.25, 0.3) is 11.1 Å². The number of thioether (sulfide) groups is 1. The molecule has 130 valence electrons. The average Bonchev–Trinajstić information content (AvgIpc) is 2.62. The van der Waals surface area contributed by atoms with Crippen molar-refractivity contribution in [2.75, 3.05) is 11.5 Å². The topological polar surface area (TPSA) is 79.3 Å². The zero-order chi connectivity index (χ0) is 17.7. The molecular formula is C19H20N2O3S. The highest BCUT2D eigenvalue weighted by molar-refractivity contribution is 7.99. The summed E-state index contributed by atoms with van der Waals surface area (Å²) in [5, 5.41) is 12.3. The number of aromatic nitrogens is 1. The van der Waals surface area contributed by atoms with Crippen LogP contribution in [0.5, 0.6) is 0 Å². The number of carboxylic acids is 1. The van der Waals surface area contributed by atoms with Crippen LogP contribution in [0.4, 0.5) is 0 Å². The number of nitrogens with zero attached hydrogens (tertiary/aromatic N) is 1. The Labute approximate surface area is 150 Å². The average molecular weight is 356 g/mol. The molecular weight excluding hydrogens is 336 g/mol. The van der Waals surface area contributed by atoms with Gasteiger partial charge in [0.25, 0.3) is 5.91 Å². The highest BCUT2D eigenvalue weighted by Gasteiger charge is 2.36. The molecule has 1 fully saturated rings. The maximum absolute atomic E-state index is 12.8. The lowest BCUT2D eigenvalue weighted by atomic mass is 9.88. The molecule has 6 heteroatoms. The van der Waals surface area contributed by atoms with Gasteiger partial charge in [-0.15, -0.1) is 0 Å². The van der Waals surface area contributed by atoms with E-state index in [1.807, 2.05) is 30.3 Å². The molecule has 25 heavy (non-hydrogen) atoms. The lowest BCUT2D eigenvalue weighted by molar-refractivity contribution is -0.138. The van der Waals surface area contributed by atoms with Crippen LogP contribution in [-0.4, -0.2) is 39.0 Å². The third kappa shape index (κ3) is 4.39. The number of aliphatic carboxylic acids is 1. The van der Waals surface area contributed by atoms with Crippen LogP contribution in [0.1, 0.15) is 29.6 Å². The molecule has 0 aliphatic carbocycles. The fourth-order valence-electron chi connectivity index (χ4n) is 3.09. The molecule has 5 nitrogen and oxygen atoms in total. The first-order chi connectivity index (χ1) is 12.1. The monoisotopic (exact) mass is 356 g/mol. The van der Waals surface area contributed by atoms with E-state index in [0.717, 1.165) is 22.6 Å². The summed E-state index contributed by atoms with van der Waals surface area (Å²) in [6, 6.07) is 11.1. The molecule has 2 N–H and O–H groups in total. The summed E-state index contributed by atoms with van der Waals surface area (Å²) in [6.07, 6.45) is 4.75. The number of benzene rings is 1. The molecule has 2 aromatic rings. The van der Waals surface area contributed by atoms with Gasteiger partial charge < -0.3 is 10.4 Å². The van der Waals surface area contributed by atoms with Gasteiger partial charge in [-0.1, -0.05) is 12.1 Å². The Morgan fingerprint density at radius 1 is 1.12 bits per heavy atom. The largest absolute Gasteiger partial charge is 0.481 e. The third-order valence-corrected chi connectivity index (χ3v) is 5.44. The van der Waals surface area contributed by atoms with Crippen molar-refractivity contribution < 1.29 is 14.7 Å². The number of carbonyl (C=O) groups excluding carboxylic acids is 1. The van der Waals surface area contributed by atoms with Gasteiger partial charge in [-0.05, 0) is 59.7 Å². The minimum absolute atomic E-state index is 0.0383. The molecule has 3 rings (SSSR count). The molecule has 1 amide bonds. The van der Waals surface area contributed by atoms with Crippen molar-refractivity contribution in [2.24, 2.45) is 0 Å². The van der Waals surface area contributed by atoms with Gasteiger partial charge in [-0.25, -0.2) is 0 Å². The van der Waals surface area contributed by atoms with Crippen LogP contribution in [-0.2, 0) is 4.79 Å². The number of hydrogen-bond acceptors (Lipinski definition) is 4. The lowest BCUT2D eigenvalue weighted by Gasteiger charge is -2.36. The molecule has 1 aromatic heterocycles. The quantitative estimate of drug-likeness (QED) is 0.860. The number of hydrogen-bond donors (Lipinski definition) is 2. The normalized spacial score (nSPS) is 16.2. The zero-order valence-electron chi connectivity index (χ0n) is 13.8. The second-order valence-corrected chi connectivity index (χ2v) is 7.46. The maximum atomic E-state index is 12.8. The predicted octanol–water partition coefficient (Wildman–Crippen LogP) is 3.22. The van der Waals surface area contributed by atoms with Crippen molar-refractivity contribution in [2.45, 2.75) is 24.8 Å². The van der Waals surface area contributed by atoms with Crippen LogP contribution >= 0.6 is 11.8 Å². The molecule has 0 bridgehead atoms. The summed E-state index contributed by atoms with van der Waals surface area (Å²) in [5.74, 6) is 0.636. The third-order valence-electron chi connectivity index (χ3n) is 4.46. The SMILES string of the molecule is O=C(O)CC1(NC(=O)c2cccc(-c3ccncc3)c2)CCSCC1. The minimum Gasteiger partial charge on any atom is -0.481 e. The molecule has 1 aliphatic rings. The van der Waals surface area contributed by atoms with Crippen LogP contribution in [0.3, 0.4) is 0 Å². The highest BCUT2D eigenvalue weighted by Crippen LogP contribution is 2.30. The summed E-state index contributed by atoms with van der Waals surface area (Å²) in [6.45, 7) is 0. The Bertz CT molecular complexity index is 758. The van der Waals surface area contributed by atoms with E-state index in [1.54, 1.807) is 30.2 Å². The van der Waals surface area contributed by atoms with E-state index in [4.69, 9.17) is 0 Å². The number of pyridine rings is 1. The lowest BCUT2D eigenvalue weighted by Crippen LogP contribution is -2.52. The minimum atomic E-state index is -0.877. The van der Waals surface area contributed by atoms with E-state index in [2.05, 4.69) is 10.3 Å². The van der Waals surface area contributed by atoms with E-state index in [-0.39, 0.29) is 12.3 Å². The Morgan fingerprint density at radius 2 is 1.84 bits per heavy atom. The van der Waals surface area contributed by atoms with Crippen molar-refractivity contribution in [3.8, 4) is 11.1 Å². The Morgan fingerprint density at radius 3 is 2.52 bits per heavy atom. The molecule has 0 spiro atoms. The Kier molecular flexibility index (Phi) is 5.38. The van der Waals surface area contributed by atoms with Crippen LogP contribution in [0, 0.1) is 0 Å². The Hall–Kier alpha value is -2.34. The smallest absolute Gasteiger partial charge is 0.305 e. The first-order valence-corrected chi connectivity index (χ1v) is 9.36. The number of carbonyl (C=O) groups is 2. The zero-order valence-corrected chi connectivity index (χ0v) is 14.6. The van der Waals surface area contributed by atoms with Crippen molar-refractivity contribution in [1.29, 1.82) is 0 Å². The second kappa shape index (κ2) is 7.70. The summed E-state index contributed by atoms with van der Waals surface area (Å²) in [7, 11) is 0. The molecule has 0 radical (unpaired) electrons. The summed E-state index contributed by atoms with van der Waals surface area (Å²) >= 11 is 1.80. The van der Waals surface area contributed by atoms with Crippen LogP contribution in [0.2, 0.25) is 0 Å². The first-order valence-electron chi connectivity index (χ1n) is 8.21. The fraction of sp³-hybridized carbons (Fsp3) is 0.316.